The van der Waals surface area contributed by atoms with Gasteiger partial charge in [-0.25, -0.2) is 8.42 Å². The van der Waals surface area contributed by atoms with Crippen molar-refractivity contribution in [2.24, 2.45) is 0 Å². The van der Waals surface area contributed by atoms with Crippen LogP contribution < -0.4 is 9.64 Å². The highest BCUT2D eigenvalue weighted by Crippen LogP contribution is 2.29. The molecular weight excluding hydrogens is 432 g/mol. The van der Waals surface area contributed by atoms with Gasteiger partial charge in [0.1, 0.15) is 5.75 Å². The second-order valence-electron chi connectivity index (χ2n) is 7.79. The van der Waals surface area contributed by atoms with Gasteiger partial charge in [-0.1, -0.05) is 36.7 Å². The lowest BCUT2D eigenvalue weighted by molar-refractivity contribution is 0.318. The largest absolute Gasteiger partial charge is 0.494 e. The Morgan fingerprint density at radius 2 is 1.68 bits per heavy atom. The number of rotatable bonds is 6. The third-order valence-corrected chi connectivity index (χ3v) is 8.02. The van der Waals surface area contributed by atoms with Gasteiger partial charge >= 0.3 is 0 Å². The van der Waals surface area contributed by atoms with Crippen LogP contribution in [0.5, 0.6) is 5.75 Å². The number of sulfonamides is 1. The van der Waals surface area contributed by atoms with Crippen molar-refractivity contribution in [3.05, 3.63) is 65.2 Å². The maximum absolute atomic E-state index is 13.3. The topological polar surface area (TPSA) is 49.9 Å². The minimum absolute atomic E-state index is 0.328. The van der Waals surface area contributed by atoms with Gasteiger partial charge in [-0.3, -0.25) is 0 Å². The molecule has 0 spiro atoms. The summed E-state index contributed by atoms with van der Waals surface area (Å²) < 4.78 is 33.8. The fourth-order valence-electron chi connectivity index (χ4n) is 3.93. The highest BCUT2D eigenvalue weighted by Gasteiger charge is 2.29. The van der Waals surface area contributed by atoms with Crippen molar-refractivity contribution >= 4 is 38.1 Å². The quantitative estimate of drug-likeness (QED) is 0.515. The number of hydrogen-bond donors (Lipinski definition) is 0. The molecule has 1 aliphatic heterocycles. The fourth-order valence-corrected chi connectivity index (χ4v) is 5.56. The number of anilines is 1. The molecule has 7 heteroatoms. The van der Waals surface area contributed by atoms with E-state index >= 15 is 0 Å². The lowest BCUT2D eigenvalue weighted by atomic mass is 10.1. The van der Waals surface area contributed by atoms with E-state index < -0.39 is 10.0 Å². The van der Waals surface area contributed by atoms with Crippen LogP contribution in [-0.2, 0) is 10.0 Å². The predicted molar refractivity (Wildman–Crippen MR) is 127 cm³/mol. The van der Waals surface area contributed by atoms with Gasteiger partial charge in [-0.2, -0.15) is 4.31 Å². The molecule has 0 saturated carbocycles. The van der Waals surface area contributed by atoms with Crippen LogP contribution in [0.15, 0.2) is 59.5 Å². The minimum atomic E-state index is -3.55. The maximum atomic E-state index is 13.3. The van der Waals surface area contributed by atoms with Crippen LogP contribution in [0.1, 0.15) is 18.9 Å². The maximum Gasteiger partial charge on any atom is 0.243 e. The van der Waals surface area contributed by atoms with Gasteiger partial charge in [0.15, 0.2) is 0 Å². The number of ether oxygens (including phenoxy) is 1. The minimum Gasteiger partial charge on any atom is -0.494 e. The standard InChI is InChI=1S/C24H27ClN2O3S/c1-3-15-30-21-9-7-20-17-22(10-8-19(20)16-21)31(28,29)27-13-11-26(12-14-27)24-6-4-5-23(25)18(24)2/h4-10,16-17H,3,11-15H2,1-2H3. The van der Waals surface area contributed by atoms with Crippen LogP contribution in [0.25, 0.3) is 10.8 Å². The third kappa shape index (κ3) is 4.52. The highest BCUT2D eigenvalue weighted by molar-refractivity contribution is 7.89. The van der Waals surface area contributed by atoms with Gasteiger partial charge in [0.2, 0.25) is 10.0 Å². The molecule has 1 fully saturated rings. The van der Waals surface area contributed by atoms with Crippen LogP contribution in [0.2, 0.25) is 5.02 Å². The first kappa shape index (κ1) is 21.9. The summed E-state index contributed by atoms with van der Waals surface area (Å²) in [4.78, 5) is 2.53. The molecule has 0 aromatic heterocycles. The third-order valence-electron chi connectivity index (χ3n) is 5.71. The normalized spacial score (nSPS) is 15.4. The van der Waals surface area contributed by atoms with Crippen LogP contribution in [0.3, 0.4) is 0 Å². The van der Waals surface area contributed by atoms with E-state index in [1.54, 1.807) is 16.4 Å². The lowest BCUT2D eigenvalue weighted by Crippen LogP contribution is -2.48. The predicted octanol–water partition coefficient (Wildman–Crippen LogP) is 5.10. The molecule has 1 saturated heterocycles. The zero-order valence-corrected chi connectivity index (χ0v) is 19.4. The van der Waals surface area contributed by atoms with Crippen molar-refractivity contribution in [3.8, 4) is 5.75 Å². The summed E-state index contributed by atoms with van der Waals surface area (Å²) in [6.45, 7) is 6.87. The van der Waals surface area contributed by atoms with Crippen molar-refractivity contribution in [2.45, 2.75) is 25.2 Å². The molecule has 0 bridgehead atoms. The Hall–Kier alpha value is -2.28. The number of fused-ring (bicyclic) bond motifs is 1. The molecule has 0 aliphatic carbocycles. The molecular formula is C24H27ClN2O3S. The lowest BCUT2D eigenvalue weighted by Gasteiger charge is -2.36. The van der Waals surface area contributed by atoms with E-state index in [1.807, 2.05) is 49.4 Å². The number of nitrogens with zero attached hydrogens (tertiary/aromatic N) is 2. The first-order valence-corrected chi connectivity index (χ1v) is 12.4. The summed E-state index contributed by atoms with van der Waals surface area (Å²) in [5.41, 5.74) is 2.09. The zero-order valence-electron chi connectivity index (χ0n) is 17.8. The summed E-state index contributed by atoms with van der Waals surface area (Å²) in [5, 5.41) is 2.58. The molecule has 0 unspecified atom stereocenters. The molecule has 0 radical (unpaired) electrons. The second kappa shape index (κ2) is 9.07. The van der Waals surface area contributed by atoms with Gasteiger partial charge < -0.3 is 9.64 Å². The Morgan fingerprint density at radius 3 is 2.42 bits per heavy atom. The molecule has 1 aliphatic rings. The summed E-state index contributed by atoms with van der Waals surface area (Å²) in [6, 6.07) is 16.9. The molecule has 31 heavy (non-hydrogen) atoms. The summed E-state index contributed by atoms with van der Waals surface area (Å²) >= 11 is 6.26. The van der Waals surface area contributed by atoms with E-state index in [2.05, 4.69) is 11.8 Å². The van der Waals surface area contributed by atoms with E-state index in [0.717, 1.165) is 39.2 Å². The number of piperazine rings is 1. The van der Waals surface area contributed by atoms with Crippen LogP contribution in [-0.4, -0.2) is 45.5 Å². The SMILES string of the molecule is CCCOc1ccc2cc(S(=O)(=O)N3CCN(c4cccc(Cl)c4C)CC3)ccc2c1. The Labute approximate surface area is 189 Å². The molecule has 1 heterocycles. The fraction of sp³-hybridized carbons (Fsp3) is 0.333. The van der Waals surface area contributed by atoms with Crippen molar-refractivity contribution in [1.82, 2.24) is 4.31 Å². The van der Waals surface area contributed by atoms with Crippen LogP contribution in [0, 0.1) is 6.92 Å². The van der Waals surface area contributed by atoms with Crippen molar-refractivity contribution in [1.29, 1.82) is 0 Å². The first-order valence-electron chi connectivity index (χ1n) is 10.6. The van der Waals surface area contributed by atoms with Gasteiger partial charge in [0.25, 0.3) is 0 Å². The molecule has 4 rings (SSSR count). The first-order chi connectivity index (χ1) is 14.9. The van der Waals surface area contributed by atoms with Crippen molar-refractivity contribution < 1.29 is 13.2 Å². The second-order valence-corrected chi connectivity index (χ2v) is 10.1. The van der Waals surface area contributed by atoms with Gasteiger partial charge in [-0.05, 0) is 66.1 Å². The molecule has 5 nitrogen and oxygen atoms in total. The van der Waals surface area contributed by atoms with Crippen molar-refractivity contribution in [3.63, 3.8) is 0 Å². The molecule has 164 valence electrons. The van der Waals surface area contributed by atoms with Crippen molar-refractivity contribution in [2.75, 3.05) is 37.7 Å². The van der Waals surface area contributed by atoms with E-state index in [-0.39, 0.29) is 0 Å². The number of hydrogen-bond acceptors (Lipinski definition) is 4. The average molecular weight is 459 g/mol. The van der Waals surface area contributed by atoms with Crippen LogP contribution in [0.4, 0.5) is 5.69 Å². The number of benzene rings is 3. The van der Waals surface area contributed by atoms with Gasteiger partial charge in [-0.15, -0.1) is 0 Å². The van der Waals surface area contributed by atoms with E-state index in [4.69, 9.17) is 16.3 Å². The monoisotopic (exact) mass is 458 g/mol. The summed E-state index contributed by atoms with van der Waals surface area (Å²) in [6.07, 6.45) is 0.944. The zero-order chi connectivity index (χ0) is 22.0. The summed E-state index contributed by atoms with van der Waals surface area (Å²) in [5.74, 6) is 0.803. The number of halogens is 1. The molecule has 3 aromatic carbocycles. The van der Waals surface area contributed by atoms with E-state index in [0.29, 0.717) is 37.7 Å². The Bertz CT molecular complexity index is 1190. The van der Waals surface area contributed by atoms with E-state index in [1.165, 1.54) is 0 Å². The Morgan fingerprint density at radius 1 is 0.968 bits per heavy atom. The van der Waals surface area contributed by atoms with Gasteiger partial charge in [0.05, 0.1) is 11.5 Å². The Balaban J connectivity index is 1.51. The molecule has 0 amide bonds. The van der Waals surface area contributed by atoms with E-state index in [9.17, 15) is 8.42 Å². The van der Waals surface area contributed by atoms with Crippen LogP contribution >= 0.6 is 11.6 Å². The smallest absolute Gasteiger partial charge is 0.243 e. The molecule has 0 N–H and O–H groups in total. The molecule has 3 aromatic rings. The highest BCUT2D eigenvalue weighted by atomic mass is 35.5. The Kier molecular flexibility index (Phi) is 6.42. The van der Waals surface area contributed by atoms with Gasteiger partial charge in [0, 0.05) is 36.9 Å². The average Bonchev–Trinajstić information content (AvgIpc) is 2.79. The summed E-state index contributed by atoms with van der Waals surface area (Å²) in [7, 11) is -3.55. The molecule has 0 atom stereocenters.